The number of ketones is 1. The quantitative estimate of drug-likeness (QED) is 0.556. The molecule has 0 radical (unpaired) electrons. The van der Waals surface area contributed by atoms with E-state index < -0.39 is 11.8 Å². The second-order valence-electron chi connectivity index (χ2n) is 8.85. The molecular weight excluding hydrogens is 368 g/mol. The lowest BCUT2D eigenvalue weighted by Gasteiger charge is -2.46. The van der Waals surface area contributed by atoms with Crippen molar-refractivity contribution < 1.29 is 14.4 Å². The van der Waals surface area contributed by atoms with Crippen molar-refractivity contribution in [1.82, 2.24) is 20.4 Å². The SMILES string of the molecule is O=CC(=O)C1CCC(N2Cc3c(CN4CC5CCC4CN5)cccc3C2=O)CN1. The van der Waals surface area contributed by atoms with Crippen molar-refractivity contribution in [3.8, 4) is 0 Å². The zero-order chi connectivity index (χ0) is 20.0. The van der Waals surface area contributed by atoms with E-state index >= 15 is 0 Å². The van der Waals surface area contributed by atoms with E-state index in [2.05, 4.69) is 21.6 Å². The molecule has 5 heterocycles. The number of nitrogens with zero attached hydrogens (tertiary/aromatic N) is 2. The number of fused-ring (bicyclic) bond motifs is 4. The lowest BCUT2D eigenvalue weighted by molar-refractivity contribution is -0.131. The third kappa shape index (κ3) is 3.41. The standard InChI is InChI=1S/C22H28N4O3/c27-13-21(28)20-7-6-17(9-24-20)26-12-19-14(2-1-3-18(19)22(26)29)10-25-11-15-4-5-16(25)8-23-15/h1-3,13,15-17,20,23-24H,4-12H2. The number of piperazine rings is 1. The lowest BCUT2D eigenvalue weighted by atomic mass is 9.92. The van der Waals surface area contributed by atoms with Gasteiger partial charge in [-0.15, -0.1) is 0 Å². The maximum absolute atomic E-state index is 13.1. The van der Waals surface area contributed by atoms with E-state index in [0.29, 0.717) is 37.9 Å². The van der Waals surface area contributed by atoms with E-state index in [0.717, 1.165) is 37.2 Å². The minimum atomic E-state index is -0.400. The van der Waals surface area contributed by atoms with Gasteiger partial charge in [0.05, 0.1) is 6.04 Å². The molecule has 6 rings (SSSR count). The molecule has 0 spiro atoms. The van der Waals surface area contributed by atoms with Crippen LogP contribution >= 0.6 is 0 Å². The van der Waals surface area contributed by atoms with Crippen molar-refractivity contribution in [1.29, 1.82) is 0 Å². The zero-order valence-electron chi connectivity index (χ0n) is 16.6. The Morgan fingerprint density at radius 1 is 1.10 bits per heavy atom. The maximum Gasteiger partial charge on any atom is 0.254 e. The minimum absolute atomic E-state index is 0.0636. The van der Waals surface area contributed by atoms with Gasteiger partial charge in [-0.1, -0.05) is 12.1 Å². The summed E-state index contributed by atoms with van der Waals surface area (Å²) in [7, 11) is 0. The molecule has 29 heavy (non-hydrogen) atoms. The van der Waals surface area contributed by atoms with E-state index in [4.69, 9.17) is 0 Å². The first kappa shape index (κ1) is 18.9. The van der Waals surface area contributed by atoms with Gasteiger partial charge in [-0.25, -0.2) is 0 Å². The number of hydrogen-bond donors (Lipinski definition) is 2. The molecular formula is C22H28N4O3. The summed E-state index contributed by atoms with van der Waals surface area (Å²) < 4.78 is 0. The number of rotatable bonds is 5. The van der Waals surface area contributed by atoms with Gasteiger partial charge in [0.25, 0.3) is 5.91 Å². The van der Waals surface area contributed by atoms with Crippen LogP contribution in [-0.4, -0.2) is 71.6 Å². The van der Waals surface area contributed by atoms with Gasteiger partial charge in [0.2, 0.25) is 5.78 Å². The van der Waals surface area contributed by atoms with Gasteiger partial charge in [0.15, 0.2) is 6.29 Å². The number of benzene rings is 1. The van der Waals surface area contributed by atoms with Crippen molar-refractivity contribution in [2.75, 3.05) is 19.6 Å². The summed E-state index contributed by atoms with van der Waals surface area (Å²) in [6.07, 6.45) is 4.26. The predicted molar refractivity (Wildman–Crippen MR) is 107 cm³/mol. The molecule has 0 aliphatic carbocycles. The monoisotopic (exact) mass is 396 g/mol. The average molecular weight is 396 g/mol. The van der Waals surface area contributed by atoms with Crippen LogP contribution in [0.3, 0.4) is 0 Å². The first-order valence-electron chi connectivity index (χ1n) is 10.8. The Kier molecular flexibility index (Phi) is 4.97. The highest BCUT2D eigenvalue weighted by Crippen LogP contribution is 2.32. The van der Waals surface area contributed by atoms with Crippen molar-refractivity contribution in [3.05, 3.63) is 34.9 Å². The third-order valence-corrected chi connectivity index (χ3v) is 7.22. The Balaban J connectivity index is 1.29. The van der Waals surface area contributed by atoms with E-state index in [1.807, 2.05) is 17.0 Å². The highest BCUT2D eigenvalue weighted by Gasteiger charge is 2.38. The van der Waals surface area contributed by atoms with Crippen LogP contribution in [-0.2, 0) is 22.7 Å². The Bertz CT molecular complexity index is 825. The molecule has 1 amide bonds. The fourth-order valence-corrected chi connectivity index (χ4v) is 5.51. The van der Waals surface area contributed by atoms with E-state index in [9.17, 15) is 14.4 Å². The second-order valence-corrected chi connectivity index (χ2v) is 8.85. The minimum Gasteiger partial charge on any atom is -0.330 e. The fraction of sp³-hybridized carbons (Fsp3) is 0.591. The van der Waals surface area contributed by atoms with Gasteiger partial charge < -0.3 is 15.5 Å². The second kappa shape index (κ2) is 7.63. The summed E-state index contributed by atoms with van der Waals surface area (Å²) in [5.41, 5.74) is 3.26. The molecule has 2 N–H and O–H groups in total. The summed E-state index contributed by atoms with van der Waals surface area (Å²) in [4.78, 5) is 40.0. The third-order valence-electron chi connectivity index (χ3n) is 7.22. The van der Waals surface area contributed by atoms with Crippen LogP contribution in [0.25, 0.3) is 0 Å². The normalized spacial score (nSPS) is 31.7. The Morgan fingerprint density at radius 2 is 1.93 bits per heavy atom. The molecule has 5 aliphatic rings. The van der Waals surface area contributed by atoms with Gasteiger partial charge in [0, 0.05) is 56.4 Å². The number of piperidine rings is 3. The van der Waals surface area contributed by atoms with Crippen molar-refractivity contribution >= 4 is 18.0 Å². The molecule has 5 aliphatic heterocycles. The van der Waals surface area contributed by atoms with Crippen LogP contribution in [0.15, 0.2) is 18.2 Å². The number of amides is 1. The first-order valence-corrected chi connectivity index (χ1v) is 10.8. The summed E-state index contributed by atoms with van der Waals surface area (Å²) in [5, 5.41) is 6.76. The summed E-state index contributed by atoms with van der Waals surface area (Å²) >= 11 is 0. The molecule has 0 saturated carbocycles. The number of carbonyl (C=O) groups is 3. The molecule has 4 unspecified atom stereocenters. The van der Waals surface area contributed by atoms with Gasteiger partial charge in [-0.3, -0.25) is 19.3 Å². The summed E-state index contributed by atoms with van der Waals surface area (Å²) in [6.45, 7) is 4.26. The molecule has 0 aromatic heterocycles. The molecule has 1 aromatic carbocycles. The van der Waals surface area contributed by atoms with Gasteiger partial charge >= 0.3 is 0 Å². The molecule has 154 valence electrons. The van der Waals surface area contributed by atoms with Crippen molar-refractivity contribution in [2.45, 2.75) is 62.9 Å². The average Bonchev–Trinajstić information content (AvgIpc) is 3.12. The molecule has 4 saturated heterocycles. The van der Waals surface area contributed by atoms with Crippen LogP contribution in [0, 0.1) is 0 Å². The van der Waals surface area contributed by atoms with Crippen LogP contribution < -0.4 is 10.6 Å². The zero-order valence-corrected chi connectivity index (χ0v) is 16.6. The fourth-order valence-electron chi connectivity index (χ4n) is 5.51. The first-order chi connectivity index (χ1) is 14.1. The Morgan fingerprint density at radius 3 is 2.59 bits per heavy atom. The number of carbonyl (C=O) groups excluding carboxylic acids is 3. The Hall–Kier alpha value is -2.09. The number of hydrogen-bond acceptors (Lipinski definition) is 6. The lowest BCUT2D eigenvalue weighted by Crippen LogP contribution is -2.60. The molecule has 7 heteroatoms. The van der Waals surface area contributed by atoms with Crippen molar-refractivity contribution in [3.63, 3.8) is 0 Å². The number of nitrogens with one attached hydrogen (secondary N) is 2. The van der Waals surface area contributed by atoms with Crippen LogP contribution in [0.5, 0.6) is 0 Å². The maximum atomic E-state index is 13.1. The van der Waals surface area contributed by atoms with Gasteiger partial charge in [-0.05, 0) is 42.9 Å². The summed E-state index contributed by atoms with van der Waals surface area (Å²) in [6, 6.07) is 6.98. The summed E-state index contributed by atoms with van der Waals surface area (Å²) in [5.74, 6) is -0.303. The van der Waals surface area contributed by atoms with Crippen LogP contribution in [0.2, 0.25) is 0 Å². The van der Waals surface area contributed by atoms with Crippen LogP contribution in [0.4, 0.5) is 0 Å². The Labute approximate surface area is 170 Å². The van der Waals surface area contributed by atoms with Gasteiger partial charge in [0.1, 0.15) is 0 Å². The van der Waals surface area contributed by atoms with E-state index in [1.165, 1.54) is 18.4 Å². The topological polar surface area (TPSA) is 81.8 Å². The molecule has 7 nitrogen and oxygen atoms in total. The molecule has 2 bridgehead atoms. The van der Waals surface area contributed by atoms with E-state index in [-0.39, 0.29) is 11.9 Å². The van der Waals surface area contributed by atoms with Gasteiger partial charge in [-0.2, -0.15) is 0 Å². The van der Waals surface area contributed by atoms with E-state index in [1.54, 1.807) is 0 Å². The highest BCUT2D eigenvalue weighted by atomic mass is 16.2. The number of aldehydes is 1. The smallest absolute Gasteiger partial charge is 0.254 e. The number of Topliss-reactive ketones (excluding diaryl/α,β-unsaturated/α-hetero) is 1. The van der Waals surface area contributed by atoms with Crippen LogP contribution in [0.1, 0.15) is 47.2 Å². The largest absolute Gasteiger partial charge is 0.330 e. The molecule has 1 aromatic rings. The van der Waals surface area contributed by atoms with Crippen molar-refractivity contribution in [2.24, 2.45) is 0 Å². The predicted octanol–water partition coefficient (Wildman–Crippen LogP) is 0.467. The molecule has 4 atom stereocenters. The highest BCUT2D eigenvalue weighted by molar-refractivity contribution is 6.27. The molecule has 4 fully saturated rings.